The number of unbranched alkanes of at least 4 members (excludes halogenated alkanes) is 18. The molecule has 2 atom stereocenters. The Balaban J connectivity index is 0.000000605. The lowest BCUT2D eigenvalue weighted by Crippen LogP contribution is -2.33. The average molecular weight is 841 g/mol. The van der Waals surface area contributed by atoms with Gasteiger partial charge in [0, 0.05) is 0 Å². The predicted octanol–water partition coefficient (Wildman–Crippen LogP) is 14.4. The lowest BCUT2D eigenvalue weighted by atomic mass is 9.84. The molecule has 0 radical (unpaired) electrons. The molecule has 1 aliphatic rings. The summed E-state index contributed by atoms with van der Waals surface area (Å²) in [6.07, 6.45) is 33.0. The van der Waals surface area contributed by atoms with Crippen molar-refractivity contribution in [1.29, 1.82) is 0 Å². The van der Waals surface area contributed by atoms with E-state index in [2.05, 4.69) is 41.5 Å². The number of benzene rings is 1. The van der Waals surface area contributed by atoms with Crippen molar-refractivity contribution < 1.29 is 38.1 Å². The van der Waals surface area contributed by atoms with Crippen LogP contribution in [0.1, 0.15) is 229 Å². The molecule has 1 aromatic rings. The van der Waals surface area contributed by atoms with Gasteiger partial charge in [0.05, 0.1) is 49.4 Å². The molecule has 8 nitrogen and oxygen atoms in total. The third-order valence-electron chi connectivity index (χ3n) is 11.2. The summed E-state index contributed by atoms with van der Waals surface area (Å²) in [7, 11) is 0. The average Bonchev–Trinajstić information content (AvgIpc) is 3.24. The minimum atomic E-state index is -0.488. The van der Waals surface area contributed by atoms with Crippen molar-refractivity contribution in [3.63, 3.8) is 0 Å². The van der Waals surface area contributed by atoms with Crippen molar-refractivity contribution in [1.82, 2.24) is 0 Å². The van der Waals surface area contributed by atoms with Crippen molar-refractivity contribution >= 4 is 23.9 Å². The van der Waals surface area contributed by atoms with Gasteiger partial charge in [-0.1, -0.05) is 194 Å². The summed E-state index contributed by atoms with van der Waals surface area (Å²) in [5, 5.41) is 0. The molecule has 0 saturated carbocycles. The maximum atomic E-state index is 12.6. The van der Waals surface area contributed by atoms with Crippen LogP contribution in [0.15, 0.2) is 36.4 Å². The number of hydrogen-bond donors (Lipinski definition) is 0. The first-order valence-corrected chi connectivity index (χ1v) is 24.5. The molecule has 0 aliphatic heterocycles. The van der Waals surface area contributed by atoms with E-state index in [9.17, 15) is 19.2 Å². The molecule has 0 heterocycles. The van der Waals surface area contributed by atoms with E-state index >= 15 is 0 Å². The molecule has 0 bridgehead atoms. The minimum Gasteiger partial charge on any atom is -0.465 e. The zero-order chi connectivity index (χ0) is 44.1. The van der Waals surface area contributed by atoms with Gasteiger partial charge < -0.3 is 18.9 Å². The SMILES string of the molecule is CC(C)CCCCCCCOC(=O)C1C=CCCC1C(=O)OCCCCCCCC(C)C.CCCCCCCCOC(=O)c1ccccc1C(=O)OCCCCCCCC. The molecule has 344 valence electrons. The van der Waals surface area contributed by atoms with E-state index in [1.807, 2.05) is 12.2 Å². The minimum absolute atomic E-state index is 0.235. The third kappa shape index (κ3) is 28.4. The monoisotopic (exact) mass is 841 g/mol. The number of allylic oxidation sites excluding steroid dienone is 1. The van der Waals surface area contributed by atoms with Crippen molar-refractivity contribution in [2.45, 2.75) is 208 Å². The van der Waals surface area contributed by atoms with E-state index in [1.54, 1.807) is 24.3 Å². The van der Waals surface area contributed by atoms with Gasteiger partial charge in [0.15, 0.2) is 0 Å². The first-order chi connectivity index (χ1) is 29.1. The molecule has 0 fully saturated rings. The zero-order valence-electron chi connectivity index (χ0n) is 39.3. The van der Waals surface area contributed by atoms with Crippen LogP contribution in [0.2, 0.25) is 0 Å². The Kier molecular flexibility index (Phi) is 34.4. The molecule has 2 unspecified atom stereocenters. The van der Waals surface area contributed by atoms with Crippen LogP contribution in [0.3, 0.4) is 0 Å². The van der Waals surface area contributed by atoms with Gasteiger partial charge in [-0.25, -0.2) is 9.59 Å². The van der Waals surface area contributed by atoms with Crippen molar-refractivity contribution in [2.75, 3.05) is 26.4 Å². The maximum absolute atomic E-state index is 12.6. The smallest absolute Gasteiger partial charge is 0.339 e. The number of ether oxygens (including phenoxy) is 4. The fourth-order valence-electron chi connectivity index (χ4n) is 7.35. The molecule has 0 saturated heterocycles. The second kappa shape index (κ2) is 37.6. The Morgan fingerprint density at radius 1 is 0.500 bits per heavy atom. The van der Waals surface area contributed by atoms with Crippen LogP contribution in [0.25, 0.3) is 0 Å². The standard InChI is InChI=1S/C28H50O4.C24H38O4/c1-23(2)17-11-7-5-9-15-21-31-27(29)25-19-13-14-20-26(25)28(30)32-22-16-10-6-8-12-18-24(3)4;1-3-5-7-9-11-15-19-27-23(25)21-17-13-14-18-22(21)24(26)28-20-16-12-10-8-6-4-2/h13,19,23-26H,5-12,14-18,20-22H2,1-4H3;13-14,17-18H,3-12,15-16,19-20H2,1-2H3. The molecule has 0 N–H and O–H groups in total. The van der Waals surface area contributed by atoms with Gasteiger partial charge >= 0.3 is 23.9 Å². The molecule has 1 aliphatic carbocycles. The second-order valence-corrected chi connectivity index (χ2v) is 17.7. The summed E-state index contributed by atoms with van der Waals surface area (Å²) in [5.41, 5.74) is 0.586. The van der Waals surface area contributed by atoms with Crippen LogP contribution in [0, 0.1) is 23.7 Å². The molecule has 8 heteroatoms. The van der Waals surface area contributed by atoms with Crippen LogP contribution in [0.5, 0.6) is 0 Å². The van der Waals surface area contributed by atoms with Crippen molar-refractivity contribution in [3.8, 4) is 0 Å². The van der Waals surface area contributed by atoms with Crippen molar-refractivity contribution in [3.05, 3.63) is 47.5 Å². The predicted molar refractivity (Wildman–Crippen MR) is 246 cm³/mol. The molecule has 2 rings (SSSR count). The van der Waals surface area contributed by atoms with Gasteiger partial charge in [0.25, 0.3) is 0 Å². The molecule has 0 aromatic heterocycles. The van der Waals surface area contributed by atoms with Crippen LogP contribution >= 0.6 is 0 Å². The van der Waals surface area contributed by atoms with Gasteiger partial charge in [-0.05, 0) is 62.5 Å². The van der Waals surface area contributed by atoms with E-state index in [0.717, 1.165) is 69.6 Å². The maximum Gasteiger partial charge on any atom is 0.339 e. The molecule has 0 spiro atoms. The molecule has 0 amide bonds. The number of esters is 4. The summed E-state index contributed by atoms with van der Waals surface area (Å²) in [4.78, 5) is 49.9. The fourth-order valence-corrected chi connectivity index (χ4v) is 7.35. The van der Waals surface area contributed by atoms with Gasteiger partial charge in [-0.3, -0.25) is 9.59 Å². The van der Waals surface area contributed by atoms with E-state index < -0.39 is 23.8 Å². The summed E-state index contributed by atoms with van der Waals surface area (Å²) in [5.74, 6) is -0.721. The van der Waals surface area contributed by atoms with E-state index in [0.29, 0.717) is 44.0 Å². The van der Waals surface area contributed by atoms with E-state index in [4.69, 9.17) is 18.9 Å². The number of carbonyl (C=O) groups is 4. The first kappa shape index (κ1) is 54.9. The Morgan fingerprint density at radius 2 is 0.867 bits per heavy atom. The normalized spacial score (nSPS) is 14.7. The Labute approximate surface area is 367 Å². The molecule has 1 aromatic carbocycles. The fraction of sp³-hybridized carbons (Fsp3) is 0.769. The summed E-state index contributed by atoms with van der Waals surface area (Å²) < 4.78 is 21.7. The highest BCUT2D eigenvalue weighted by atomic mass is 16.5. The quantitative estimate of drug-likeness (QED) is 0.0292. The second-order valence-electron chi connectivity index (χ2n) is 17.7. The van der Waals surface area contributed by atoms with E-state index in [1.165, 1.54) is 103 Å². The van der Waals surface area contributed by atoms with Crippen LogP contribution in [-0.2, 0) is 28.5 Å². The van der Waals surface area contributed by atoms with Gasteiger partial charge in [0.1, 0.15) is 0 Å². The van der Waals surface area contributed by atoms with E-state index in [-0.39, 0.29) is 11.9 Å². The van der Waals surface area contributed by atoms with Crippen LogP contribution in [-0.4, -0.2) is 50.3 Å². The van der Waals surface area contributed by atoms with Gasteiger partial charge in [-0.15, -0.1) is 0 Å². The third-order valence-corrected chi connectivity index (χ3v) is 11.2. The number of carbonyl (C=O) groups excluding carboxylic acids is 4. The molecular weight excluding hydrogens is 753 g/mol. The number of hydrogen-bond acceptors (Lipinski definition) is 8. The van der Waals surface area contributed by atoms with Gasteiger partial charge in [-0.2, -0.15) is 0 Å². The van der Waals surface area contributed by atoms with Crippen molar-refractivity contribution in [2.24, 2.45) is 23.7 Å². The summed E-state index contributed by atoms with van der Waals surface area (Å²) in [6, 6.07) is 6.74. The highest BCUT2D eigenvalue weighted by Gasteiger charge is 2.35. The largest absolute Gasteiger partial charge is 0.465 e. The Hall–Kier alpha value is -3.16. The number of rotatable bonds is 34. The molecule has 60 heavy (non-hydrogen) atoms. The summed E-state index contributed by atoms with van der Waals surface area (Å²) >= 11 is 0. The topological polar surface area (TPSA) is 105 Å². The van der Waals surface area contributed by atoms with Crippen LogP contribution < -0.4 is 0 Å². The first-order valence-electron chi connectivity index (χ1n) is 24.5. The Morgan fingerprint density at radius 3 is 1.28 bits per heavy atom. The molecular formula is C52H88O8. The van der Waals surface area contributed by atoms with Crippen LogP contribution in [0.4, 0.5) is 0 Å². The highest BCUT2D eigenvalue weighted by molar-refractivity contribution is 6.03. The highest BCUT2D eigenvalue weighted by Crippen LogP contribution is 2.28. The Bertz CT molecular complexity index is 1220. The lowest BCUT2D eigenvalue weighted by molar-refractivity contribution is -0.159. The summed E-state index contributed by atoms with van der Waals surface area (Å²) in [6.45, 7) is 15.1. The van der Waals surface area contributed by atoms with Gasteiger partial charge in [0.2, 0.25) is 0 Å². The zero-order valence-corrected chi connectivity index (χ0v) is 39.3. The lowest BCUT2D eigenvalue weighted by Gasteiger charge is -2.24.